The predicted octanol–water partition coefficient (Wildman–Crippen LogP) is -0.135. The Morgan fingerprint density at radius 2 is 2.28 bits per heavy atom. The van der Waals surface area contributed by atoms with Crippen molar-refractivity contribution in [2.45, 2.75) is 5.16 Å². The lowest BCUT2D eigenvalue weighted by atomic mass is 10.2. The van der Waals surface area contributed by atoms with E-state index in [9.17, 15) is 13.6 Å². The zero-order valence-corrected chi connectivity index (χ0v) is 10.2. The molecule has 0 aliphatic rings. The smallest absolute Gasteiger partial charge is 0.251 e. The molecule has 7 nitrogen and oxygen atoms in total. The molecule has 0 radical (unpaired) electrons. The molecule has 2 rings (SSSR count). The first-order chi connectivity index (χ1) is 8.63. The van der Waals surface area contributed by atoms with Crippen LogP contribution in [0.15, 0.2) is 35.7 Å². The topological polar surface area (TPSA) is 99.9 Å². The highest BCUT2D eigenvalue weighted by Gasteiger charge is 2.09. The Morgan fingerprint density at radius 1 is 1.50 bits per heavy atom. The minimum absolute atomic E-state index is 0.205. The van der Waals surface area contributed by atoms with E-state index in [1.807, 2.05) is 0 Å². The Bertz CT molecular complexity index is 611. The lowest BCUT2D eigenvalue weighted by Crippen LogP contribution is -2.18. The summed E-state index contributed by atoms with van der Waals surface area (Å²) in [6.07, 6.45) is 1.27. The van der Waals surface area contributed by atoms with E-state index < -0.39 is 11.1 Å². The third kappa shape index (κ3) is 2.29. The van der Waals surface area contributed by atoms with E-state index in [0.717, 1.165) is 0 Å². The molecule has 1 N–H and O–H groups in total. The number of nitrogens with one attached hydrogen (secondary N) is 1. The molecule has 0 saturated heterocycles. The van der Waals surface area contributed by atoms with Gasteiger partial charge in [-0.25, -0.2) is 0 Å². The van der Waals surface area contributed by atoms with Crippen LogP contribution in [-0.4, -0.2) is 36.5 Å². The normalized spacial score (nSPS) is 12.1. The van der Waals surface area contributed by atoms with Crippen molar-refractivity contribution in [3.05, 3.63) is 36.2 Å². The van der Waals surface area contributed by atoms with Crippen LogP contribution >= 0.6 is 0 Å². The van der Waals surface area contributed by atoms with Crippen molar-refractivity contribution in [1.82, 2.24) is 20.1 Å². The second-order valence-electron chi connectivity index (χ2n) is 3.35. The second kappa shape index (κ2) is 5.07. The van der Waals surface area contributed by atoms with Crippen LogP contribution in [0.2, 0.25) is 0 Å². The summed E-state index contributed by atoms with van der Waals surface area (Å²) in [5.41, 5.74) is 0.923. The van der Waals surface area contributed by atoms with Crippen LogP contribution in [-0.2, 0) is 11.1 Å². The van der Waals surface area contributed by atoms with Crippen molar-refractivity contribution >= 4 is 17.0 Å². The molecular formula is C10H9N4O3S-. The average molecular weight is 265 g/mol. The van der Waals surface area contributed by atoms with Gasteiger partial charge in [0.2, 0.25) is 5.16 Å². The zero-order chi connectivity index (χ0) is 13.1. The van der Waals surface area contributed by atoms with Gasteiger partial charge in [-0.05, 0) is 18.2 Å². The van der Waals surface area contributed by atoms with Gasteiger partial charge >= 0.3 is 0 Å². The molecule has 0 aliphatic heterocycles. The van der Waals surface area contributed by atoms with Crippen LogP contribution in [0.5, 0.6) is 0 Å². The summed E-state index contributed by atoms with van der Waals surface area (Å²) >= 11 is -2.49. The molecule has 1 heterocycles. The monoisotopic (exact) mass is 265 g/mol. The fraction of sp³-hybridized carbons (Fsp3) is 0.100. The maximum atomic E-state index is 11.5. The third-order valence-corrected chi connectivity index (χ3v) is 2.86. The number of carbonyl (C=O) groups excluding carboxylic acids is 1. The molecule has 0 fully saturated rings. The van der Waals surface area contributed by atoms with Gasteiger partial charge in [0.05, 0.1) is 0 Å². The molecular weight excluding hydrogens is 256 g/mol. The van der Waals surface area contributed by atoms with Crippen LogP contribution in [0, 0.1) is 0 Å². The highest BCUT2D eigenvalue weighted by molar-refractivity contribution is 7.79. The number of nitrogens with zero attached hydrogens (tertiary/aromatic N) is 3. The van der Waals surface area contributed by atoms with Gasteiger partial charge in [-0.3, -0.25) is 13.6 Å². The Kier molecular flexibility index (Phi) is 3.49. The molecule has 94 valence electrons. The predicted molar refractivity (Wildman–Crippen MR) is 61.9 cm³/mol. The van der Waals surface area contributed by atoms with E-state index in [1.165, 1.54) is 17.9 Å². The summed E-state index contributed by atoms with van der Waals surface area (Å²) in [6.45, 7) is 0. The molecule has 1 aromatic carbocycles. The van der Waals surface area contributed by atoms with Gasteiger partial charge in [0.25, 0.3) is 5.91 Å². The first kappa shape index (κ1) is 12.4. The van der Waals surface area contributed by atoms with E-state index in [1.54, 1.807) is 24.3 Å². The number of hydrogen-bond donors (Lipinski definition) is 1. The highest BCUT2D eigenvalue weighted by Crippen LogP contribution is 2.13. The van der Waals surface area contributed by atoms with Crippen LogP contribution in [0.25, 0.3) is 5.69 Å². The molecule has 1 amide bonds. The summed E-state index contributed by atoms with van der Waals surface area (Å²) in [4.78, 5) is 11.5. The molecule has 0 bridgehead atoms. The van der Waals surface area contributed by atoms with E-state index in [-0.39, 0.29) is 11.1 Å². The Morgan fingerprint density at radius 3 is 2.94 bits per heavy atom. The molecule has 0 saturated carbocycles. The summed E-state index contributed by atoms with van der Waals surface area (Å²) in [6, 6.07) is 6.49. The van der Waals surface area contributed by atoms with Crippen molar-refractivity contribution in [2.24, 2.45) is 0 Å². The SMILES string of the molecule is CNC(=O)c1cccc(-n2cnnc2S(=O)[O-])c1. The summed E-state index contributed by atoms with van der Waals surface area (Å²) < 4.78 is 23.1. The van der Waals surface area contributed by atoms with Gasteiger partial charge in [-0.2, -0.15) is 0 Å². The molecule has 2 aromatic rings. The van der Waals surface area contributed by atoms with Crippen LogP contribution in [0.1, 0.15) is 10.4 Å². The number of aromatic nitrogens is 3. The fourth-order valence-corrected chi connectivity index (χ4v) is 1.88. The average Bonchev–Trinajstić information content (AvgIpc) is 2.87. The molecule has 18 heavy (non-hydrogen) atoms. The van der Waals surface area contributed by atoms with Crippen LogP contribution in [0.4, 0.5) is 0 Å². The number of rotatable bonds is 3. The van der Waals surface area contributed by atoms with Gasteiger partial charge in [0, 0.05) is 29.4 Å². The fourth-order valence-electron chi connectivity index (χ4n) is 1.46. The van der Waals surface area contributed by atoms with Crippen LogP contribution in [0.3, 0.4) is 0 Å². The van der Waals surface area contributed by atoms with E-state index in [2.05, 4.69) is 15.5 Å². The summed E-state index contributed by atoms with van der Waals surface area (Å²) in [7, 11) is 1.52. The lowest BCUT2D eigenvalue weighted by Gasteiger charge is -2.09. The number of amides is 1. The Hall–Kier alpha value is -2.06. The number of carbonyl (C=O) groups is 1. The minimum Gasteiger partial charge on any atom is -0.766 e. The van der Waals surface area contributed by atoms with Crippen molar-refractivity contribution < 1.29 is 13.6 Å². The van der Waals surface area contributed by atoms with Crippen molar-refractivity contribution in [3.63, 3.8) is 0 Å². The maximum Gasteiger partial charge on any atom is 0.251 e. The molecule has 1 atom stereocenters. The van der Waals surface area contributed by atoms with E-state index in [0.29, 0.717) is 11.3 Å². The molecule has 1 aromatic heterocycles. The van der Waals surface area contributed by atoms with Gasteiger partial charge in [-0.1, -0.05) is 6.07 Å². The number of hydrogen-bond acceptors (Lipinski definition) is 5. The molecule has 1 unspecified atom stereocenters. The zero-order valence-electron chi connectivity index (χ0n) is 9.36. The van der Waals surface area contributed by atoms with Crippen molar-refractivity contribution in [2.75, 3.05) is 7.05 Å². The maximum absolute atomic E-state index is 11.5. The Labute approximate surface area is 105 Å². The van der Waals surface area contributed by atoms with Crippen molar-refractivity contribution in [3.8, 4) is 5.69 Å². The first-order valence-corrected chi connectivity index (χ1v) is 6.03. The van der Waals surface area contributed by atoms with Gasteiger partial charge in [0.15, 0.2) is 0 Å². The highest BCUT2D eigenvalue weighted by atomic mass is 32.2. The first-order valence-electron chi connectivity index (χ1n) is 4.95. The second-order valence-corrected chi connectivity index (χ2v) is 4.18. The standard InChI is InChI=1S/C10H10N4O3S/c1-11-9(15)7-3-2-4-8(5-7)14-6-12-13-10(14)18(16)17/h2-6H,1H3,(H,11,15)(H,16,17)/p-1. The molecule has 0 aliphatic carbocycles. The third-order valence-electron chi connectivity index (χ3n) is 2.28. The van der Waals surface area contributed by atoms with Gasteiger partial charge < -0.3 is 9.87 Å². The van der Waals surface area contributed by atoms with Crippen LogP contribution < -0.4 is 5.32 Å². The van der Waals surface area contributed by atoms with Crippen molar-refractivity contribution in [1.29, 1.82) is 0 Å². The summed E-state index contributed by atoms with van der Waals surface area (Å²) in [5.74, 6) is -0.255. The molecule has 8 heteroatoms. The molecule has 0 spiro atoms. The Balaban J connectivity index is 2.48. The van der Waals surface area contributed by atoms with Gasteiger partial charge in [0.1, 0.15) is 6.33 Å². The lowest BCUT2D eigenvalue weighted by molar-refractivity contribution is 0.0963. The quantitative estimate of drug-likeness (QED) is 0.779. The van der Waals surface area contributed by atoms with E-state index >= 15 is 0 Å². The van der Waals surface area contributed by atoms with Gasteiger partial charge in [-0.15, -0.1) is 10.2 Å². The minimum atomic E-state index is -2.49. The summed E-state index contributed by atoms with van der Waals surface area (Å²) in [5, 5.41) is 9.31. The largest absolute Gasteiger partial charge is 0.766 e. The van der Waals surface area contributed by atoms with E-state index in [4.69, 9.17) is 0 Å². The number of benzene rings is 1.